The van der Waals surface area contributed by atoms with Gasteiger partial charge in [-0.1, -0.05) is 6.07 Å². The van der Waals surface area contributed by atoms with Crippen molar-refractivity contribution in [1.29, 1.82) is 0 Å². The smallest absolute Gasteiger partial charge is 0.128 e. The van der Waals surface area contributed by atoms with Crippen LogP contribution in [0.25, 0.3) is 0 Å². The minimum atomic E-state index is -0.160. The first kappa shape index (κ1) is 12.3. The molecule has 1 atom stereocenters. The van der Waals surface area contributed by atoms with E-state index in [9.17, 15) is 4.39 Å². The van der Waals surface area contributed by atoms with E-state index >= 15 is 0 Å². The minimum absolute atomic E-state index is 0.160. The molecule has 17 heavy (non-hydrogen) atoms. The van der Waals surface area contributed by atoms with Gasteiger partial charge in [0.05, 0.1) is 12.7 Å². The van der Waals surface area contributed by atoms with Gasteiger partial charge in [-0.25, -0.2) is 4.39 Å². The average molecular weight is 238 g/mol. The second-order valence-electron chi connectivity index (χ2n) is 4.40. The highest BCUT2D eigenvalue weighted by atomic mass is 19.1. The van der Waals surface area contributed by atoms with Gasteiger partial charge < -0.3 is 15.4 Å². The van der Waals surface area contributed by atoms with Gasteiger partial charge in [-0.2, -0.15) is 0 Å². The van der Waals surface area contributed by atoms with E-state index in [0.29, 0.717) is 19.6 Å². The largest absolute Gasteiger partial charge is 0.375 e. The van der Waals surface area contributed by atoms with Crippen LogP contribution in [0.3, 0.4) is 0 Å². The Balaban J connectivity index is 2.27. The Morgan fingerprint density at radius 3 is 3.06 bits per heavy atom. The molecule has 1 aliphatic heterocycles. The van der Waals surface area contributed by atoms with Gasteiger partial charge in [0, 0.05) is 24.3 Å². The number of ether oxygens (including phenoxy) is 1. The number of halogens is 1. The highest BCUT2D eigenvalue weighted by Gasteiger charge is 2.20. The Morgan fingerprint density at radius 2 is 2.35 bits per heavy atom. The van der Waals surface area contributed by atoms with Crippen LogP contribution in [-0.4, -0.2) is 32.3 Å². The van der Waals surface area contributed by atoms with Crippen molar-refractivity contribution in [3.8, 4) is 0 Å². The molecule has 0 bridgehead atoms. The molecule has 1 aliphatic rings. The van der Waals surface area contributed by atoms with Gasteiger partial charge in [0.15, 0.2) is 0 Å². The van der Waals surface area contributed by atoms with Crippen molar-refractivity contribution in [2.75, 3.05) is 31.1 Å². The molecule has 1 unspecified atom stereocenters. The predicted molar refractivity (Wildman–Crippen MR) is 66.8 cm³/mol. The quantitative estimate of drug-likeness (QED) is 0.868. The second-order valence-corrected chi connectivity index (χ2v) is 4.40. The molecule has 94 valence electrons. The zero-order valence-electron chi connectivity index (χ0n) is 10.2. The molecule has 0 amide bonds. The van der Waals surface area contributed by atoms with Gasteiger partial charge in [-0.15, -0.1) is 0 Å². The zero-order chi connectivity index (χ0) is 12.3. The van der Waals surface area contributed by atoms with Crippen LogP contribution < -0.4 is 10.6 Å². The molecule has 4 heteroatoms. The number of hydrogen-bond donors (Lipinski definition) is 1. The van der Waals surface area contributed by atoms with E-state index in [1.807, 2.05) is 13.0 Å². The Labute approximate surface area is 101 Å². The number of rotatable bonds is 3. The molecule has 3 nitrogen and oxygen atoms in total. The molecule has 0 spiro atoms. The molecule has 1 heterocycles. The van der Waals surface area contributed by atoms with E-state index < -0.39 is 0 Å². The summed E-state index contributed by atoms with van der Waals surface area (Å²) in [6, 6.07) is 5.22. The molecule has 1 aromatic carbocycles. The third-order valence-corrected chi connectivity index (χ3v) is 3.07. The normalized spacial score (nSPS) is 20.6. The van der Waals surface area contributed by atoms with Crippen molar-refractivity contribution in [3.05, 3.63) is 29.6 Å². The first-order valence-corrected chi connectivity index (χ1v) is 6.06. The summed E-state index contributed by atoms with van der Waals surface area (Å²) in [5, 5.41) is 0. The summed E-state index contributed by atoms with van der Waals surface area (Å²) < 4.78 is 19.3. The fraction of sp³-hybridized carbons (Fsp3) is 0.538. The maximum atomic E-state index is 13.8. The Morgan fingerprint density at radius 1 is 1.53 bits per heavy atom. The molecule has 0 aliphatic carbocycles. The lowest BCUT2D eigenvalue weighted by atomic mass is 10.1. The first-order valence-electron chi connectivity index (χ1n) is 6.06. The molecule has 2 N–H and O–H groups in total. The van der Waals surface area contributed by atoms with Crippen molar-refractivity contribution in [3.63, 3.8) is 0 Å². The van der Waals surface area contributed by atoms with Gasteiger partial charge in [0.1, 0.15) is 5.82 Å². The predicted octanol–water partition coefficient (Wildman–Crippen LogP) is 1.55. The maximum absolute atomic E-state index is 13.8. The van der Waals surface area contributed by atoms with E-state index in [1.54, 1.807) is 6.07 Å². The van der Waals surface area contributed by atoms with Gasteiger partial charge in [-0.05, 0) is 32.0 Å². The summed E-state index contributed by atoms with van der Waals surface area (Å²) in [4.78, 5) is 2.18. The van der Waals surface area contributed by atoms with Crippen LogP contribution in [-0.2, 0) is 11.2 Å². The second kappa shape index (κ2) is 5.47. The summed E-state index contributed by atoms with van der Waals surface area (Å²) in [5.41, 5.74) is 7.23. The number of anilines is 1. The standard InChI is InChI=1S/C13H19FN2O/c1-10-9-16(7-8-17-10)13-4-2-3-12(14)11(13)5-6-15/h2-4,10H,5-9,15H2,1H3. The molecule has 0 saturated carbocycles. The van der Waals surface area contributed by atoms with E-state index in [0.717, 1.165) is 24.3 Å². The number of morpholine rings is 1. The average Bonchev–Trinajstić information content (AvgIpc) is 2.32. The van der Waals surface area contributed by atoms with Crippen molar-refractivity contribution < 1.29 is 9.13 Å². The third-order valence-electron chi connectivity index (χ3n) is 3.07. The van der Waals surface area contributed by atoms with Crippen LogP contribution in [0.2, 0.25) is 0 Å². The highest BCUT2D eigenvalue weighted by Crippen LogP contribution is 2.25. The van der Waals surface area contributed by atoms with E-state index in [2.05, 4.69) is 4.90 Å². The van der Waals surface area contributed by atoms with Crippen molar-refractivity contribution in [2.24, 2.45) is 5.73 Å². The summed E-state index contributed by atoms with van der Waals surface area (Å²) in [5.74, 6) is -0.160. The van der Waals surface area contributed by atoms with Crippen LogP contribution in [0.5, 0.6) is 0 Å². The Bertz CT molecular complexity index is 384. The minimum Gasteiger partial charge on any atom is -0.375 e. The molecule has 1 aromatic rings. The lowest BCUT2D eigenvalue weighted by Gasteiger charge is -2.34. The summed E-state index contributed by atoms with van der Waals surface area (Å²) >= 11 is 0. The number of nitrogens with two attached hydrogens (primary N) is 1. The topological polar surface area (TPSA) is 38.5 Å². The fourth-order valence-corrected chi connectivity index (χ4v) is 2.27. The van der Waals surface area contributed by atoms with Crippen LogP contribution >= 0.6 is 0 Å². The van der Waals surface area contributed by atoms with Crippen molar-refractivity contribution >= 4 is 5.69 Å². The number of hydrogen-bond acceptors (Lipinski definition) is 3. The van der Waals surface area contributed by atoms with Gasteiger partial charge >= 0.3 is 0 Å². The molecule has 0 aromatic heterocycles. The summed E-state index contributed by atoms with van der Waals surface area (Å²) in [6.07, 6.45) is 0.769. The summed E-state index contributed by atoms with van der Waals surface area (Å²) in [7, 11) is 0. The van der Waals surface area contributed by atoms with Crippen molar-refractivity contribution in [2.45, 2.75) is 19.4 Å². The molecule has 1 fully saturated rings. The summed E-state index contributed by atoms with van der Waals surface area (Å²) in [6.45, 7) is 4.81. The zero-order valence-corrected chi connectivity index (χ0v) is 10.2. The van der Waals surface area contributed by atoms with E-state index in [-0.39, 0.29) is 11.9 Å². The van der Waals surface area contributed by atoms with Crippen molar-refractivity contribution in [1.82, 2.24) is 0 Å². The first-order chi connectivity index (χ1) is 8.22. The van der Waals surface area contributed by atoms with Gasteiger partial charge in [0.2, 0.25) is 0 Å². The van der Waals surface area contributed by atoms with Crippen LogP contribution in [0, 0.1) is 5.82 Å². The molecule has 1 saturated heterocycles. The lowest BCUT2D eigenvalue weighted by molar-refractivity contribution is 0.0531. The molecule has 0 radical (unpaired) electrons. The SMILES string of the molecule is CC1CN(c2cccc(F)c2CCN)CCO1. The third kappa shape index (κ3) is 2.76. The highest BCUT2D eigenvalue weighted by molar-refractivity contribution is 5.54. The number of nitrogens with zero attached hydrogens (tertiary/aromatic N) is 1. The fourth-order valence-electron chi connectivity index (χ4n) is 2.27. The molecule has 2 rings (SSSR count). The monoisotopic (exact) mass is 238 g/mol. The molecular weight excluding hydrogens is 219 g/mol. The van der Waals surface area contributed by atoms with Gasteiger partial charge in [-0.3, -0.25) is 0 Å². The Kier molecular flexibility index (Phi) is 3.97. The van der Waals surface area contributed by atoms with E-state index in [1.165, 1.54) is 6.07 Å². The van der Waals surface area contributed by atoms with Crippen LogP contribution in [0.15, 0.2) is 18.2 Å². The molecular formula is C13H19FN2O. The lowest BCUT2D eigenvalue weighted by Crippen LogP contribution is -2.41. The number of benzene rings is 1. The van der Waals surface area contributed by atoms with Gasteiger partial charge in [0.25, 0.3) is 0 Å². The Hall–Kier alpha value is -1.13. The van der Waals surface area contributed by atoms with Crippen LogP contribution in [0.1, 0.15) is 12.5 Å². The van der Waals surface area contributed by atoms with E-state index in [4.69, 9.17) is 10.5 Å². The van der Waals surface area contributed by atoms with Crippen LogP contribution in [0.4, 0.5) is 10.1 Å². The maximum Gasteiger partial charge on any atom is 0.128 e.